The molecule has 2 rings (SSSR count). The summed E-state index contributed by atoms with van der Waals surface area (Å²) in [4.78, 5) is 15.7. The molecule has 1 heterocycles. The fourth-order valence-corrected chi connectivity index (χ4v) is 1.59. The molecular formula is C13H8BrN3O. The molecule has 0 saturated heterocycles. The molecule has 0 aliphatic carbocycles. The summed E-state index contributed by atoms with van der Waals surface area (Å²) in [6, 6.07) is 12.3. The number of hydrogen-bond donors (Lipinski definition) is 1. The molecule has 1 aromatic heterocycles. The Labute approximate surface area is 112 Å². The first-order valence-corrected chi connectivity index (χ1v) is 5.91. The van der Waals surface area contributed by atoms with E-state index in [1.807, 2.05) is 18.2 Å². The number of amides is 1. The molecule has 5 heteroatoms. The Kier molecular flexibility index (Phi) is 3.70. The summed E-state index contributed by atoms with van der Waals surface area (Å²) in [6.07, 6.45) is 1.37. The van der Waals surface area contributed by atoms with Crippen molar-refractivity contribution in [3.63, 3.8) is 0 Å². The van der Waals surface area contributed by atoms with E-state index in [1.165, 1.54) is 12.3 Å². The number of benzene rings is 1. The van der Waals surface area contributed by atoms with E-state index in [1.54, 1.807) is 18.2 Å². The van der Waals surface area contributed by atoms with Crippen LogP contribution in [0.1, 0.15) is 16.1 Å². The first-order chi connectivity index (χ1) is 8.69. The summed E-state index contributed by atoms with van der Waals surface area (Å²) < 4.78 is 0.942. The number of carbonyl (C=O) groups is 1. The second-order valence-corrected chi connectivity index (χ2v) is 4.42. The van der Waals surface area contributed by atoms with Gasteiger partial charge in [0.25, 0.3) is 5.91 Å². The monoisotopic (exact) mass is 301 g/mol. The van der Waals surface area contributed by atoms with Crippen LogP contribution in [0, 0.1) is 11.3 Å². The van der Waals surface area contributed by atoms with Crippen LogP contribution in [0.5, 0.6) is 0 Å². The lowest BCUT2D eigenvalue weighted by Gasteiger charge is -2.04. The summed E-state index contributed by atoms with van der Waals surface area (Å²) in [5.74, 6) is -0.304. The standard InChI is InChI=1S/C13H8BrN3O/c14-10-2-4-11(5-3-10)17-13(18)12-6-1-9(7-15)8-16-12/h1-6,8H,(H,17,18). The molecule has 2 aromatic rings. The topological polar surface area (TPSA) is 65.8 Å². The number of anilines is 1. The molecule has 0 atom stereocenters. The average Bonchev–Trinajstić information content (AvgIpc) is 2.41. The molecule has 1 N–H and O–H groups in total. The molecule has 0 aliphatic heterocycles. The van der Waals surface area contributed by atoms with Crippen LogP contribution in [-0.4, -0.2) is 10.9 Å². The zero-order valence-corrected chi connectivity index (χ0v) is 10.8. The van der Waals surface area contributed by atoms with E-state index in [-0.39, 0.29) is 11.6 Å². The minimum absolute atomic E-state index is 0.275. The summed E-state index contributed by atoms with van der Waals surface area (Å²) in [5, 5.41) is 11.4. The highest BCUT2D eigenvalue weighted by atomic mass is 79.9. The highest BCUT2D eigenvalue weighted by Gasteiger charge is 2.07. The minimum atomic E-state index is -0.304. The van der Waals surface area contributed by atoms with E-state index in [0.717, 1.165) is 4.47 Å². The number of halogens is 1. The predicted octanol–water partition coefficient (Wildman–Crippen LogP) is 2.97. The van der Waals surface area contributed by atoms with Crippen molar-refractivity contribution in [2.45, 2.75) is 0 Å². The second-order valence-electron chi connectivity index (χ2n) is 3.50. The van der Waals surface area contributed by atoms with E-state index >= 15 is 0 Å². The highest BCUT2D eigenvalue weighted by molar-refractivity contribution is 9.10. The molecule has 1 amide bonds. The van der Waals surface area contributed by atoms with E-state index in [0.29, 0.717) is 11.3 Å². The molecule has 0 bridgehead atoms. The molecule has 88 valence electrons. The number of pyridine rings is 1. The van der Waals surface area contributed by atoms with Crippen LogP contribution < -0.4 is 5.32 Å². The molecule has 4 nitrogen and oxygen atoms in total. The van der Waals surface area contributed by atoms with Crippen LogP contribution in [0.2, 0.25) is 0 Å². The molecule has 0 saturated carbocycles. The van der Waals surface area contributed by atoms with Gasteiger partial charge in [0, 0.05) is 16.4 Å². The predicted molar refractivity (Wildman–Crippen MR) is 71.0 cm³/mol. The smallest absolute Gasteiger partial charge is 0.274 e. The Hall–Kier alpha value is -2.19. The second kappa shape index (κ2) is 5.43. The van der Waals surface area contributed by atoms with Gasteiger partial charge >= 0.3 is 0 Å². The lowest BCUT2D eigenvalue weighted by atomic mass is 10.2. The number of carbonyl (C=O) groups excluding carboxylic acids is 1. The molecule has 0 radical (unpaired) electrons. The van der Waals surface area contributed by atoms with Crippen LogP contribution in [0.25, 0.3) is 0 Å². The van der Waals surface area contributed by atoms with Crippen LogP contribution >= 0.6 is 15.9 Å². The number of hydrogen-bond acceptors (Lipinski definition) is 3. The van der Waals surface area contributed by atoms with Gasteiger partial charge in [-0.05, 0) is 36.4 Å². The van der Waals surface area contributed by atoms with E-state index in [9.17, 15) is 4.79 Å². The maximum absolute atomic E-state index is 11.8. The molecular weight excluding hydrogens is 294 g/mol. The quantitative estimate of drug-likeness (QED) is 0.927. The third-order valence-electron chi connectivity index (χ3n) is 2.23. The van der Waals surface area contributed by atoms with Crippen molar-refractivity contribution in [2.75, 3.05) is 5.32 Å². The molecule has 0 unspecified atom stereocenters. The van der Waals surface area contributed by atoms with Crippen LogP contribution in [-0.2, 0) is 0 Å². The maximum Gasteiger partial charge on any atom is 0.274 e. The summed E-state index contributed by atoms with van der Waals surface area (Å²) in [7, 11) is 0. The van der Waals surface area contributed by atoms with Crippen molar-refractivity contribution in [3.05, 3.63) is 58.3 Å². The van der Waals surface area contributed by atoms with Crippen molar-refractivity contribution < 1.29 is 4.79 Å². The van der Waals surface area contributed by atoms with Crippen molar-refractivity contribution in [1.29, 1.82) is 5.26 Å². The Morgan fingerprint density at radius 2 is 1.94 bits per heavy atom. The Morgan fingerprint density at radius 3 is 2.50 bits per heavy atom. The van der Waals surface area contributed by atoms with Gasteiger partial charge in [-0.2, -0.15) is 5.26 Å². The Bertz CT molecular complexity index is 600. The van der Waals surface area contributed by atoms with Crippen molar-refractivity contribution in [2.24, 2.45) is 0 Å². The molecule has 1 aromatic carbocycles. The number of aromatic nitrogens is 1. The SMILES string of the molecule is N#Cc1ccc(C(=O)Nc2ccc(Br)cc2)nc1. The van der Waals surface area contributed by atoms with Gasteiger partial charge in [-0.15, -0.1) is 0 Å². The van der Waals surface area contributed by atoms with Gasteiger partial charge in [0.05, 0.1) is 5.56 Å². The van der Waals surface area contributed by atoms with Crippen LogP contribution in [0.15, 0.2) is 47.1 Å². The van der Waals surface area contributed by atoms with Crippen molar-refractivity contribution in [3.8, 4) is 6.07 Å². The average molecular weight is 302 g/mol. The Balaban J connectivity index is 2.12. The molecule has 0 fully saturated rings. The lowest BCUT2D eigenvalue weighted by molar-refractivity contribution is 0.102. The fourth-order valence-electron chi connectivity index (χ4n) is 1.32. The van der Waals surface area contributed by atoms with Gasteiger partial charge in [-0.3, -0.25) is 4.79 Å². The highest BCUT2D eigenvalue weighted by Crippen LogP contribution is 2.14. The van der Waals surface area contributed by atoms with Gasteiger partial charge in [0.1, 0.15) is 11.8 Å². The largest absolute Gasteiger partial charge is 0.321 e. The third-order valence-corrected chi connectivity index (χ3v) is 2.76. The van der Waals surface area contributed by atoms with Gasteiger partial charge in [0.15, 0.2) is 0 Å². The maximum atomic E-state index is 11.8. The van der Waals surface area contributed by atoms with Gasteiger partial charge in [-0.1, -0.05) is 15.9 Å². The number of nitrogens with zero attached hydrogens (tertiary/aromatic N) is 2. The molecule has 0 aliphatic rings. The van der Waals surface area contributed by atoms with Crippen LogP contribution in [0.4, 0.5) is 5.69 Å². The number of nitriles is 1. The first-order valence-electron chi connectivity index (χ1n) is 5.12. The number of rotatable bonds is 2. The van der Waals surface area contributed by atoms with E-state index < -0.39 is 0 Å². The lowest BCUT2D eigenvalue weighted by Crippen LogP contribution is -2.13. The van der Waals surface area contributed by atoms with Gasteiger partial charge in [-0.25, -0.2) is 4.98 Å². The third kappa shape index (κ3) is 2.93. The van der Waals surface area contributed by atoms with Gasteiger partial charge < -0.3 is 5.32 Å². The summed E-state index contributed by atoms with van der Waals surface area (Å²) >= 11 is 3.32. The number of nitrogens with one attached hydrogen (secondary N) is 1. The zero-order valence-electron chi connectivity index (χ0n) is 9.22. The van der Waals surface area contributed by atoms with Gasteiger partial charge in [0.2, 0.25) is 0 Å². The summed E-state index contributed by atoms with van der Waals surface area (Å²) in [6.45, 7) is 0. The van der Waals surface area contributed by atoms with Crippen molar-refractivity contribution >= 4 is 27.5 Å². The minimum Gasteiger partial charge on any atom is -0.321 e. The first kappa shape index (κ1) is 12.3. The zero-order chi connectivity index (χ0) is 13.0. The van der Waals surface area contributed by atoms with Crippen molar-refractivity contribution in [1.82, 2.24) is 4.98 Å². The van der Waals surface area contributed by atoms with Crippen LogP contribution in [0.3, 0.4) is 0 Å². The fraction of sp³-hybridized carbons (Fsp3) is 0. The molecule has 0 spiro atoms. The Morgan fingerprint density at radius 1 is 1.22 bits per heavy atom. The van der Waals surface area contributed by atoms with E-state index in [4.69, 9.17) is 5.26 Å². The summed E-state index contributed by atoms with van der Waals surface area (Å²) in [5.41, 5.74) is 1.39. The van der Waals surface area contributed by atoms with E-state index in [2.05, 4.69) is 26.2 Å². The normalized spacial score (nSPS) is 9.56. The molecule has 18 heavy (non-hydrogen) atoms.